The molecule has 0 spiro atoms. The molecule has 0 unspecified atom stereocenters. The van der Waals surface area contributed by atoms with Crippen molar-refractivity contribution in [3.05, 3.63) is 30.1 Å². The zero-order valence-electron chi connectivity index (χ0n) is 5.54. The molecular weight excluding hydrogens is 128 g/mol. The van der Waals surface area contributed by atoms with Crippen LogP contribution in [0.5, 0.6) is 0 Å². The van der Waals surface area contributed by atoms with Gasteiger partial charge in [-0.2, -0.15) is 5.53 Å². The Bertz CT molecular complexity index is 174. The van der Waals surface area contributed by atoms with E-state index in [1.807, 2.05) is 12.1 Å². The van der Waals surface area contributed by atoms with Gasteiger partial charge in [-0.1, -0.05) is 6.07 Å². The molecule has 0 aliphatic carbocycles. The van der Waals surface area contributed by atoms with Gasteiger partial charge in [-0.15, -0.1) is 0 Å². The molecule has 0 aliphatic heterocycles. The van der Waals surface area contributed by atoms with Crippen LogP contribution in [0, 0.1) is 0 Å². The third kappa shape index (κ3) is 2.10. The smallest absolute Gasteiger partial charge is 0.0379 e. The summed E-state index contributed by atoms with van der Waals surface area (Å²) >= 11 is 0. The van der Waals surface area contributed by atoms with Crippen LogP contribution in [0.2, 0.25) is 0 Å². The molecule has 10 heavy (non-hydrogen) atoms. The minimum Gasteiger partial charge on any atom is -0.264 e. The van der Waals surface area contributed by atoms with E-state index in [4.69, 9.17) is 5.84 Å². The Hall–Kier alpha value is -0.970. The number of pyridine rings is 1. The van der Waals surface area contributed by atoms with E-state index in [0.29, 0.717) is 6.54 Å². The SMILES string of the molecule is NNNCc1cccnc1. The van der Waals surface area contributed by atoms with Crippen LogP contribution < -0.4 is 16.8 Å². The quantitative estimate of drug-likeness (QED) is 0.391. The number of nitrogens with one attached hydrogen (secondary N) is 2. The van der Waals surface area contributed by atoms with Gasteiger partial charge in [0.1, 0.15) is 0 Å². The van der Waals surface area contributed by atoms with Crippen molar-refractivity contribution < 1.29 is 0 Å². The first-order valence-electron chi connectivity index (χ1n) is 3.01. The van der Waals surface area contributed by atoms with E-state index in [1.54, 1.807) is 12.4 Å². The van der Waals surface area contributed by atoms with Crippen LogP contribution in [0.25, 0.3) is 0 Å². The van der Waals surface area contributed by atoms with Gasteiger partial charge in [0.25, 0.3) is 0 Å². The maximum atomic E-state index is 4.99. The van der Waals surface area contributed by atoms with Crippen molar-refractivity contribution in [1.82, 2.24) is 15.9 Å². The highest BCUT2D eigenvalue weighted by Gasteiger charge is 1.86. The molecule has 0 saturated heterocycles. The maximum absolute atomic E-state index is 4.99. The molecular formula is C6H10N4. The summed E-state index contributed by atoms with van der Waals surface area (Å²) in [6, 6.07) is 3.85. The topological polar surface area (TPSA) is 63.0 Å². The molecule has 4 heteroatoms. The first kappa shape index (κ1) is 7.14. The highest BCUT2D eigenvalue weighted by atomic mass is 15.5. The first-order chi connectivity index (χ1) is 4.93. The lowest BCUT2D eigenvalue weighted by atomic mass is 10.3. The van der Waals surface area contributed by atoms with Gasteiger partial charge in [-0.05, 0) is 11.6 Å². The number of hydrazine groups is 2. The van der Waals surface area contributed by atoms with Gasteiger partial charge in [0.2, 0.25) is 0 Å². The summed E-state index contributed by atoms with van der Waals surface area (Å²) in [4.78, 5) is 3.93. The lowest BCUT2D eigenvalue weighted by Gasteiger charge is -1.99. The summed E-state index contributed by atoms with van der Waals surface area (Å²) < 4.78 is 0. The molecule has 0 fully saturated rings. The monoisotopic (exact) mass is 138 g/mol. The molecule has 0 saturated carbocycles. The third-order valence-electron chi connectivity index (χ3n) is 1.12. The summed E-state index contributed by atoms with van der Waals surface area (Å²) in [5.41, 5.74) is 6.19. The average molecular weight is 138 g/mol. The lowest BCUT2D eigenvalue weighted by Crippen LogP contribution is -2.36. The van der Waals surface area contributed by atoms with Gasteiger partial charge >= 0.3 is 0 Å². The van der Waals surface area contributed by atoms with Crippen LogP contribution in [-0.4, -0.2) is 4.98 Å². The van der Waals surface area contributed by atoms with Crippen molar-refractivity contribution in [2.24, 2.45) is 5.84 Å². The second kappa shape index (κ2) is 3.94. The number of hydrogen-bond acceptors (Lipinski definition) is 4. The second-order valence-corrected chi connectivity index (χ2v) is 1.86. The number of aromatic nitrogens is 1. The summed E-state index contributed by atoms with van der Waals surface area (Å²) in [6.45, 7) is 0.685. The van der Waals surface area contributed by atoms with Gasteiger partial charge in [0.15, 0.2) is 0 Å². The summed E-state index contributed by atoms with van der Waals surface area (Å²) in [5.74, 6) is 4.99. The van der Waals surface area contributed by atoms with E-state index in [1.165, 1.54) is 0 Å². The molecule has 1 heterocycles. The van der Waals surface area contributed by atoms with E-state index >= 15 is 0 Å². The normalized spacial score (nSPS) is 9.70. The standard InChI is InChI=1S/C6H10N4/c7-10-9-5-6-2-1-3-8-4-6/h1-4,9-10H,5,7H2. The Morgan fingerprint density at radius 3 is 3.10 bits per heavy atom. The van der Waals surface area contributed by atoms with Crippen LogP contribution in [-0.2, 0) is 6.54 Å². The van der Waals surface area contributed by atoms with Crippen LogP contribution in [0.4, 0.5) is 0 Å². The minimum absolute atomic E-state index is 0.685. The molecule has 0 amide bonds. The lowest BCUT2D eigenvalue weighted by molar-refractivity contribution is 0.552. The van der Waals surface area contributed by atoms with Crippen LogP contribution in [0.15, 0.2) is 24.5 Å². The molecule has 0 bridgehead atoms. The van der Waals surface area contributed by atoms with Crippen molar-refractivity contribution in [1.29, 1.82) is 0 Å². The molecule has 0 aliphatic rings. The van der Waals surface area contributed by atoms with Gasteiger partial charge in [-0.25, -0.2) is 5.43 Å². The number of nitrogens with zero attached hydrogens (tertiary/aromatic N) is 1. The van der Waals surface area contributed by atoms with Crippen molar-refractivity contribution in [3.8, 4) is 0 Å². The zero-order chi connectivity index (χ0) is 7.23. The molecule has 54 valence electrons. The number of rotatable bonds is 3. The third-order valence-corrected chi connectivity index (χ3v) is 1.12. The first-order valence-corrected chi connectivity index (χ1v) is 3.01. The van der Waals surface area contributed by atoms with E-state index in [2.05, 4.69) is 15.9 Å². The summed E-state index contributed by atoms with van der Waals surface area (Å²) in [5, 5.41) is 0. The Labute approximate surface area is 59.4 Å². The molecule has 1 rings (SSSR count). The number of nitrogens with two attached hydrogens (primary N) is 1. The molecule has 4 N–H and O–H groups in total. The molecule has 1 aromatic rings. The number of hydrogen-bond donors (Lipinski definition) is 3. The van der Waals surface area contributed by atoms with Crippen LogP contribution in [0.3, 0.4) is 0 Å². The molecule has 0 aromatic carbocycles. The van der Waals surface area contributed by atoms with Crippen molar-refractivity contribution in [3.63, 3.8) is 0 Å². The van der Waals surface area contributed by atoms with Gasteiger partial charge in [-0.3, -0.25) is 10.8 Å². The zero-order valence-corrected chi connectivity index (χ0v) is 5.54. The molecule has 0 atom stereocenters. The van der Waals surface area contributed by atoms with E-state index in [0.717, 1.165) is 5.56 Å². The van der Waals surface area contributed by atoms with E-state index in [9.17, 15) is 0 Å². The predicted molar refractivity (Wildman–Crippen MR) is 38.4 cm³/mol. The highest BCUT2D eigenvalue weighted by molar-refractivity contribution is 5.07. The van der Waals surface area contributed by atoms with Crippen LogP contribution >= 0.6 is 0 Å². The van der Waals surface area contributed by atoms with E-state index in [-0.39, 0.29) is 0 Å². The Balaban J connectivity index is 2.43. The van der Waals surface area contributed by atoms with Crippen molar-refractivity contribution >= 4 is 0 Å². The van der Waals surface area contributed by atoms with Gasteiger partial charge < -0.3 is 0 Å². The van der Waals surface area contributed by atoms with Crippen molar-refractivity contribution in [2.45, 2.75) is 6.54 Å². The van der Waals surface area contributed by atoms with Gasteiger partial charge in [0, 0.05) is 18.9 Å². The van der Waals surface area contributed by atoms with Crippen molar-refractivity contribution in [2.75, 3.05) is 0 Å². The average Bonchev–Trinajstić information content (AvgIpc) is 2.03. The molecule has 1 aromatic heterocycles. The molecule has 4 nitrogen and oxygen atoms in total. The Kier molecular flexibility index (Phi) is 2.82. The Morgan fingerprint density at radius 2 is 2.50 bits per heavy atom. The second-order valence-electron chi connectivity index (χ2n) is 1.86. The minimum atomic E-state index is 0.685. The largest absolute Gasteiger partial charge is 0.264 e. The summed E-state index contributed by atoms with van der Waals surface area (Å²) in [6.07, 6.45) is 3.52. The molecule has 0 radical (unpaired) electrons. The van der Waals surface area contributed by atoms with Gasteiger partial charge in [0.05, 0.1) is 0 Å². The maximum Gasteiger partial charge on any atom is 0.0379 e. The van der Waals surface area contributed by atoms with E-state index < -0.39 is 0 Å². The summed E-state index contributed by atoms with van der Waals surface area (Å²) in [7, 11) is 0. The fourth-order valence-corrected chi connectivity index (χ4v) is 0.656. The Morgan fingerprint density at radius 1 is 1.60 bits per heavy atom. The predicted octanol–water partition coefficient (Wildman–Crippen LogP) is -0.450. The highest BCUT2D eigenvalue weighted by Crippen LogP contribution is 1.92. The van der Waals surface area contributed by atoms with Crippen LogP contribution in [0.1, 0.15) is 5.56 Å². The fourth-order valence-electron chi connectivity index (χ4n) is 0.656. The fraction of sp³-hybridized carbons (Fsp3) is 0.167.